The normalized spacial score (nSPS) is 11.0. The van der Waals surface area contributed by atoms with Crippen molar-refractivity contribution in [2.75, 3.05) is 13.1 Å². The van der Waals surface area contributed by atoms with Crippen molar-refractivity contribution in [3.63, 3.8) is 0 Å². The highest BCUT2D eigenvalue weighted by Gasteiger charge is 2.13. The smallest absolute Gasteiger partial charge is 0.272 e. The number of benzene rings is 2. The summed E-state index contributed by atoms with van der Waals surface area (Å²) in [4.78, 5) is 24.6. The minimum Gasteiger partial charge on any atom is -0.350 e. The number of aromatic nitrogens is 5. The number of rotatable bonds is 6. The summed E-state index contributed by atoms with van der Waals surface area (Å²) in [5.74, 6) is -0.517. The third-order valence-corrected chi connectivity index (χ3v) is 4.46. The third-order valence-electron chi connectivity index (χ3n) is 4.46. The molecular formula is C19H19N7O2. The molecule has 2 aromatic heterocycles. The van der Waals surface area contributed by atoms with Gasteiger partial charge in [0.15, 0.2) is 5.69 Å². The van der Waals surface area contributed by atoms with E-state index in [1.54, 1.807) is 16.8 Å². The topological polar surface area (TPSA) is 118 Å². The Kier molecular flexibility index (Phi) is 4.71. The number of aryl methyl sites for hydroxylation is 1. The van der Waals surface area contributed by atoms with Gasteiger partial charge in [-0.25, -0.2) is 4.68 Å². The average Bonchev–Trinajstić information content (AvgIpc) is 3.34. The molecule has 9 heteroatoms. The van der Waals surface area contributed by atoms with E-state index in [-0.39, 0.29) is 11.8 Å². The number of para-hydroxylation sites is 1. The molecular weight excluding hydrogens is 358 g/mol. The molecule has 0 saturated carbocycles. The molecule has 0 aliphatic heterocycles. The molecule has 2 amide bonds. The van der Waals surface area contributed by atoms with Crippen LogP contribution >= 0.6 is 0 Å². The lowest BCUT2D eigenvalue weighted by Crippen LogP contribution is -2.34. The molecule has 3 N–H and O–H groups in total. The number of nitrogens with zero attached hydrogens (tertiary/aromatic N) is 4. The van der Waals surface area contributed by atoms with Gasteiger partial charge >= 0.3 is 0 Å². The van der Waals surface area contributed by atoms with E-state index in [1.807, 2.05) is 37.3 Å². The van der Waals surface area contributed by atoms with Gasteiger partial charge in [0.25, 0.3) is 11.8 Å². The van der Waals surface area contributed by atoms with E-state index < -0.39 is 0 Å². The van der Waals surface area contributed by atoms with E-state index in [2.05, 4.69) is 31.1 Å². The Hall–Kier alpha value is -3.75. The number of hydrogen-bond donors (Lipinski definition) is 3. The minimum atomic E-state index is -0.288. The fraction of sp³-hybridized carbons (Fsp3) is 0.211. The van der Waals surface area contributed by atoms with Gasteiger partial charge in [-0.15, -0.1) is 5.10 Å². The summed E-state index contributed by atoms with van der Waals surface area (Å²) >= 11 is 0. The molecule has 0 aliphatic rings. The summed E-state index contributed by atoms with van der Waals surface area (Å²) < 4.78 is 1.77. The summed E-state index contributed by atoms with van der Waals surface area (Å²) in [5.41, 5.74) is 3.20. The van der Waals surface area contributed by atoms with E-state index in [4.69, 9.17) is 0 Å². The number of hydrogen-bond acceptors (Lipinski definition) is 5. The van der Waals surface area contributed by atoms with Gasteiger partial charge in [0.05, 0.1) is 11.0 Å². The Morgan fingerprint density at radius 2 is 1.86 bits per heavy atom. The monoisotopic (exact) mass is 377 g/mol. The standard InChI is InChI=1S/C19H19N7O2/c1-2-26-16-8-7-12(11-15(16)23-25-26)18(27)20-9-10-21-19(28)17-13-5-3-4-6-14(13)22-24-17/h3-8,11H,2,9-10H2,1H3,(H,20,27)(H,21,28)(H,22,24). The van der Waals surface area contributed by atoms with E-state index in [9.17, 15) is 9.59 Å². The number of nitrogens with one attached hydrogen (secondary N) is 3. The molecule has 0 bridgehead atoms. The number of fused-ring (bicyclic) bond motifs is 2. The molecule has 4 rings (SSSR count). The number of carbonyl (C=O) groups is 2. The first-order chi connectivity index (χ1) is 13.7. The molecule has 28 heavy (non-hydrogen) atoms. The zero-order valence-corrected chi connectivity index (χ0v) is 15.3. The molecule has 0 spiro atoms. The third kappa shape index (κ3) is 3.29. The predicted molar refractivity (Wildman–Crippen MR) is 104 cm³/mol. The Labute approximate surface area is 160 Å². The molecule has 0 saturated heterocycles. The van der Waals surface area contributed by atoms with Gasteiger partial charge in [-0.3, -0.25) is 14.7 Å². The first-order valence-electron chi connectivity index (χ1n) is 9.00. The maximum atomic E-state index is 12.3. The van der Waals surface area contributed by atoms with Crippen molar-refractivity contribution >= 4 is 33.8 Å². The molecule has 0 radical (unpaired) electrons. The zero-order chi connectivity index (χ0) is 19.5. The Morgan fingerprint density at radius 3 is 2.68 bits per heavy atom. The lowest BCUT2D eigenvalue weighted by Gasteiger charge is -2.07. The molecule has 0 unspecified atom stereocenters. The van der Waals surface area contributed by atoms with E-state index in [1.165, 1.54) is 0 Å². The summed E-state index contributed by atoms with van der Waals surface area (Å²) in [6.07, 6.45) is 0. The van der Waals surface area contributed by atoms with E-state index >= 15 is 0 Å². The first-order valence-corrected chi connectivity index (χ1v) is 9.00. The van der Waals surface area contributed by atoms with Crippen molar-refractivity contribution < 1.29 is 9.59 Å². The van der Waals surface area contributed by atoms with Crippen molar-refractivity contribution in [2.45, 2.75) is 13.5 Å². The average molecular weight is 377 g/mol. The Morgan fingerprint density at radius 1 is 1.07 bits per heavy atom. The second kappa shape index (κ2) is 7.47. The highest BCUT2D eigenvalue weighted by atomic mass is 16.2. The van der Waals surface area contributed by atoms with Crippen molar-refractivity contribution in [1.29, 1.82) is 0 Å². The number of aromatic amines is 1. The summed E-state index contributed by atoms with van der Waals surface area (Å²) in [5, 5.41) is 21.3. The van der Waals surface area contributed by atoms with Crippen molar-refractivity contribution in [3.05, 3.63) is 53.7 Å². The van der Waals surface area contributed by atoms with Crippen LogP contribution in [0.25, 0.3) is 21.9 Å². The minimum absolute atomic E-state index is 0.229. The van der Waals surface area contributed by atoms with Gasteiger partial charge < -0.3 is 10.6 Å². The maximum absolute atomic E-state index is 12.3. The Balaban J connectivity index is 1.32. The van der Waals surface area contributed by atoms with Gasteiger partial charge in [0, 0.05) is 30.6 Å². The molecule has 0 aliphatic carbocycles. The second-order valence-electron chi connectivity index (χ2n) is 6.24. The summed E-state index contributed by atoms with van der Waals surface area (Å²) in [6.45, 7) is 3.29. The summed E-state index contributed by atoms with van der Waals surface area (Å²) in [6, 6.07) is 12.7. The highest BCUT2D eigenvalue weighted by Crippen LogP contribution is 2.15. The summed E-state index contributed by atoms with van der Waals surface area (Å²) in [7, 11) is 0. The molecule has 2 aromatic carbocycles. The van der Waals surface area contributed by atoms with Gasteiger partial charge in [-0.05, 0) is 31.2 Å². The van der Waals surface area contributed by atoms with E-state index in [0.29, 0.717) is 36.4 Å². The number of H-pyrrole nitrogens is 1. The van der Waals surface area contributed by atoms with E-state index in [0.717, 1.165) is 16.4 Å². The van der Waals surface area contributed by atoms with Crippen LogP contribution in [-0.2, 0) is 6.54 Å². The predicted octanol–water partition coefficient (Wildman–Crippen LogP) is 1.49. The van der Waals surface area contributed by atoms with Crippen molar-refractivity contribution in [3.8, 4) is 0 Å². The van der Waals surface area contributed by atoms with Crippen LogP contribution in [0, 0.1) is 0 Å². The molecule has 142 valence electrons. The van der Waals surface area contributed by atoms with Crippen LogP contribution in [0.1, 0.15) is 27.8 Å². The van der Waals surface area contributed by atoms with Gasteiger partial charge in [-0.2, -0.15) is 5.10 Å². The first kappa shape index (κ1) is 17.7. The molecule has 9 nitrogen and oxygen atoms in total. The molecule has 4 aromatic rings. The highest BCUT2D eigenvalue weighted by molar-refractivity contribution is 6.04. The second-order valence-corrected chi connectivity index (χ2v) is 6.24. The maximum Gasteiger partial charge on any atom is 0.272 e. The van der Waals surface area contributed by atoms with Gasteiger partial charge in [-0.1, -0.05) is 23.4 Å². The number of amides is 2. The van der Waals surface area contributed by atoms with Crippen LogP contribution in [0.4, 0.5) is 0 Å². The fourth-order valence-corrected chi connectivity index (χ4v) is 3.02. The largest absolute Gasteiger partial charge is 0.350 e. The van der Waals surface area contributed by atoms with Crippen molar-refractivity contribution in [1.82, 2.24) is 35.8 Å². The van der Waals surface area contributed by atoms with Crippen LogP contribution in [0.5, 0.6) is 0 Å². The molecule has 0 fully saturated rings. The van der Waals surface area contributed by atoms with Crippen LogP contribution in [0.3, 0.4) is 0 Å². The molecule has 2 heterocycles. The van der Waals surface area contributed by atoms with Crippen molar-refractivity contribution in [2.24, 2.45) is 0 Å². The quantitative estimate of drug-likeness (QED) is 0.440. The van der Waals surface area contributed by atoms with Crippen LogP contribution in [0.15, 0.2) is 42.5 Å². The number of carbonyl (C=O) groups excluding carboxylic acids is 2. The molecule has 0 atom stereocenters. The van der Waals surface area contributed by atoms with Gasteiger partial charge in [0.1, 0.15) is 5.52 Å². The van der Waals surface area contributed by atoms with Gasteiger partial charge in [0.2, 0.25) is 0 Å². The van der Waals surface area contributed by atoms with Crippen LogP contribution in [0.2, 0.25) is 0 Å². The van der Waals surface area contributed by atoms with Crippen LogP contribution < -0.4 is 10.6 Å². The Bertz CT molecular complexity index is 1160. The van der Waals surface area contributed by atoms with Crippen LogP contribution in [-0.4, -0.2) is 50.1 Å². The zero-order valence-electron chi connectivity index (χ0n) is 15.3. The lowest BCUT2D eigenvalue weighted by atomic mass is 10.2. The lowest BCUT2D eigenvalue weighted by molar-refractivity contribution is 0.0926. The SMILES string of the molecule is CCn1nnc2cc(C(=O)NCCNC(=O)c3n[nH]c4ccccc34)ccc21. The fourth-order valence-electron chi connectivity index (χ4n) is 3.02.